The van der Waals surface area contributed by atoms with E-state index in [0.29, 0.717) is 28.0 Å². The second kappa shape index (κ2) is 8.40. The van der Waals surface area contributed by atoms with Crippen LogP contribution in [0.4, 0.5) is 21.8 Å². The van der Waals surface area contributed by atoms with Gasteiger partial charge in [-0.25, -0.2) is 24.3 Å². The molecule has 1 N–H and O–H groups in total. The van der Waals surface area contributed by atoms with E-state index in [1.807, 2.05) is 12.3 Å². The predicted molar refractivity (Wildman–Crippen MR) is 119 cm³/mol. The van der Waals surface area contributed by atoms with Gasteiger partial charge in [-0.15, -0.1) is 0 Å². The zero-order valence-electron chi connectivity index (χ0n) is 16.9. The average molecular weight is 449 g/mol. The first-order valence-corrected chi connectivity index (χ1v) is 10.5. The van der Waals surface area contributed by atoms with Crippen LogP contribution in [-0.4, -0.2) is 37.6 Å². The van der Waals surface area contributed by atoms with Crippen molar-refractivity contribution in [3.63, 3.8) is 0 Å². The maximum atomic E-state index is 13.1. The number of rotatable bonds is 4. The summed E-state index contributed by atoms with van der Waals surface area (Å²) in [6, 6.07) is 9.42. The third kappa shape index (κ3) is 3.81. The molecule has 160 valence electrons. The van der Waals surface area contributed by atoms with Crippen molar-refractivity contribution in [1.82, 2.24) is 24.5 Å². The fourth-order valence-corrected chi connectivity index (χ4v) is 4.22. The summed E-state index contributed by atoms with van der Waals surface area (Å²) in [7, 11) is 0. The van der Waals surface area contributed by atoms with Gasteiger partial charge >= 0.3 is 0 Å². The molecule has 5 rings (SSSR count). The lowest BCUT2D eigenvalue weighted by Gasteiger charge is -2.32. The van der Waals surface area contributed by atoms with Gasteiger partial charge in [0.15, 0.2) is 5.82 Å². The standard InChI is InChI=1S/C22H18ClFN8/c23-18-9-14(10-25)1-2-19(18)30-20-17-5-8-32(21(17)29-13-28-20)16-3-6-31(7-4-16)22-26-11-15(24)12-27-22/h1-2,5,8-9,11-13,16H,3-4,6-7H2,(H,28,29,30). The highest BCUT2D eigenvalue weighted by Gasteiger charge is 2.24. The Morgan fingerprint density at radius 1 is 1.09 bits per heavy atom. The van der Waals surface area contributed by atoms with Crippen LogP contribution in [0.1, 0.15) is 24.4 Å². The van der Waals surface area contributed by atoms with Crippen molar-refractivity contribution in [2.45, 2.75) is 18.9 Å². The molecule has 3 aromatic heterocycles. The van der Waals surface area contributed by atoms with E-state index in [2.05, 4.69) is 40.8 Å². The van der Waals surface area contributed by atoms with E-state index >= 15 is 0 Å². The number of anilines is 3. The largest absolute Gasteiger partial charge is 0.341 e. The van der Waals surface area contributed by atoms with Crippen molar-refractivity contribution >= 4 is 40.1 Å². The van der Waals surface area contributed by atoms with Crippen LogP contribution in [0.25, 0.3) is 11.0 Å². The summed E-state index contributed by atoms with van der Waals surface area (Å²) in [6.07, 6.45) is 7.72. The van der Waals surface area contributed by atoms with Crippen LogP contribution in [0, 0.1) is 17.1 Å². The minimum absolute atomic E-state index is 0.269. The van der Waals surface area contributed by atoms with Crippen molar-refractivity contribution in [1.29, 1.82) is 5.26 Å². The molecule has 0 atom stereocenters. The van der Waals surface area contributed by atoms with E-state index in [9.17, 15) is 4.39 Å². The van der Waals surface area contributed by atoms with Gasteiger partial charge in [-0.2, -0.15) is 5.26 Å². The summed E-state index contributed by atoms with van der Waals surface area (Å²) in [5, 5.41) is 13.6. The van der Waals surface area contributed by atoms with E-state index < -0.39 is 5.82 Å². The number of nitriles is 1. The first kappa shape index (κ1) is 20.2. The van der Waals surface area contributed by atoms with Crippen LogP contribution in [-0.2, 0) is 0 Å². The SMILES string of the molecule is N#Cc1ccc(Nc2ncnc3c2ccn3C2CCN(c3ncc(F)cn3)CC2)c(Cl)c1. The van der Waals surface area contributed by atoms with Gasteiger partial charge in [-0.3, -0.25) is 0 Å². The van der Waals surface area contributed by atoms with E-state index in [1.54, 1.807) is 18.2 Å². The van der Waals surface area contributed by atoms with Crippen molar-refractivity contribution < 1.29 is 4.39 Å². The van der Waals surface area contributed by atoms with Gasteiger partial charge in [0.25, 0.3) is 0 Å². The summed E-state index contributed by atoms with van der Waals surface area (Å²) in [4.78, 5) is 19.1. The van der Waals surface area contributed by atoms with Crippen LogP contribution >= 0.6 is 11.6 Å². The third-order valence-electron chi connectivity index (χ3n) is 5.61. The first-order chi connectivity index (χ1) is 15.6. The lowest BCUT2D eigenvalue weighted by Crippen LogP contribution is -2.35. The second-order valence-corrected chi connectivity index (χ2v) is 7.94. The monoisotopic (exact) mass is 448 g/mol. The number of aromatic nitrogens is 5. The van der Waals surface area contributed by atoms with E-state index in [1.165, 1.54) is 18.7 Å². The molecule has 1 saturated heterocycles. The van der Waals surface area contributed by atoms with Crippen LogP contribution < -0.4 is 10.2 Å². The molecule has 10 heteroatoms. The van der Waals surface area contributed by atoms with Gasteiger partial charge in [-0.05, 0) is 37.1 Å². The zero-order valence-corrected chi connectivity index (χ0v) is 17.7. The van der Waals surface area contributed by atoms with Crippen molar-refractivity contribution in [2.24, 2.45) is 0 Å². The average Bonchev–Trinajstić information content (AvgIpc) is 3.26. The molecule has 0 saturated carbocycles. The molecular formula is C22H18ClFN8. The smallest absolute Gasteiger partial charge is 0.225 e. The summed E-state index contributed by atoms with van der Waals surface area (Å²) in [5.41, 5.74) is 2.01. The number of hydrogen-bond acceptors (Lipinski definition) is 7. The molecule has 1 aromatic carbocycles. The number of piperidine rings is 1. The second-order valence-electron chi connectivity index (χ2n) is 7.53. The number of nitrogens with one attached hydrogen (secondary N) is 1. The van der Waals surface area contributed by atoms with Crippen molar-refractivity contribution in [3.8, 4) is 6.07 Å². The molecular weight excluding hydrogens is 431 g/mol. The molecule has 0 unspecified atom stereocenters. The Labute approximate surface area is 188 Å². The van der Waals surface area contributed by atoms with Gasteiger partial charge < -0.3 is 14.8 Å². The highest BCUT2D eigenvalue weighted by Crippen LogP contribution is 2.32. The van der Waals surface area contributed by atoms with Gasteiger partial charge in [0, 0.05) is 25.3 Å². The molecule has 1 aliphatic rings. The molecule has 0 spiro atoms. The Morgan fingerprint density at radius 2 is 1.88 bits per heavy atom. The fourth-order valence-electron chi connectivity index (χ4n) is 3.99. The lowest BCUT2D eigenvalue weighted by molar-refractivity contribution is 0.401. The van der Waals surface area contributed by atoms with Crippen molar-refractivity contribution in [2.75, 3.05) is 23.3 Å². The maximum Gasteiger partial charge on any atom is 0.225 e. The summed E-state index contributed by atoms with van der Waals surface area (Å²) >= 11 is 6.31. The molecule has 0 aliphatic carbocycles. The first-order valence-electron chi connectivity index (χ1n) is 10.1. The summed E-state index contributed by atoms with van der Waals surface area (Å²) in [5.74, 6) is 0.765. The Morgan fingerprint density at radius 3 is 2.59 bits per heavy atom. The molecule has 0 bridgehead atoms. The van der Waals surface area contributed by atoms with Crippen LogP contribution in [0.5, 0.6) is 0 Å². The predicted octanol–water partition coefficient (Wildman–Crippen LogP) is 4.47. The molecule has 0 radical (unpaired) electrons. The molecule has 4 aromatic rings. The van der Waals surface area contributed by atoms with Gasteiger partial charge in [0.1, 0.15) is 17.8 Å². The number of hydrogen-bond donors (Lipinski definition) is 1. The Hall–Kier alpha value is -3.77. The normalized spacial score (nSPS) is 14.5. The lowest BCUT2D eigenvalue weighted by atomic mass is 10.1. The van der Waals surface area contributed by atoms with Crippen LogP contribution in [0.3, 0.4) is 0 Å². The minimum Gasteiger partial charge on any atom is -0.341 e. The van der Waals surface area contributed by atoms with E-state index in [4.69, 9.17) is 16.9 Å². The molecule has 4 heterocycles. The van der Waals surface area contributed by atoms with Gasteiger partial charge in [-0.1, -0.05) is 11.6 Å². The Bertz CT molecular complexity index is 1310. The fraction of sp³-hybridized carbons (Fsp3) is 0.227. The van der Waals surface area contributed by atoms with E-state index in [0.717, 1.165) is 37.0 Å². The van der Waals surface area contributed by atoms with Gasteiger partial charge in [0.2, 0.25) is 5.95 Å². The number of halogens is 2. The Balaban J connectivity index is 1.35. The van der Waals surface area contributed by atoms with Crippen LogP contribution in [0.2, 0.25) is 5.02 Å². The highest BCUT2D eigenvalue weighted by atomic mass is 35.5. The number of fused-ring (bicyclic) bond motifs is 1. The van der Waals surface area contributed by atoms with Crippen molar-refractivity contribution in [3.05, 3.63) is 65.6 Å². The maximum absolute atomic E-state index is 13.1. The third-order valence-corrected chi connectivity index (χ3v) is 5.92. The minimum atomic E-state index is -0.436. The van der Waals surface area contributed by atoms with Gasteiger partial charge in [0.05, 0.1) is 40.1 Å². The molecule has 0 amide bonds. The Kier molecular flexibility index (Phi) is 5.29. The van der Waals surface area contributed by atoms with E-state index in [-0.39, 0.29) is 6.04 Å². The topological polar surface area (TPSA) is 95.5 Å². The van der Waals surface area contributed by atoms with Crippen LogP contribution in [0.15, 0.2) is 49.2 Å². The molecule has 32 heavy (non-hydrogen) atoms. The summed E-state index contributed by atoms with van der Waals surface area (Å²) < 4.78 is 15.3. The summed E-state index contributed by atoms with van der Waals surface area (Å²) in [6.45, 7) is 1.54. The quantitative estimate of drug-likeness (QED) is 0.492. The molecule has 1 aliphatic heterocycles. The molecule has 8 nitrogen and oxygen atoms in total. The molecule has 1 fully saturated rings. The zero-order chi connectivity index (χ0) is 22.1. The number of nitrogens with zero attached hydrogens (tertiary/aromatic N) is 7. The highest BCUT2D eigenvalue weighted by molar-refractivity contribution is 6.33. The number of benzene rings is 1.